The van der Waals surface area contributed by atoms with Crippen LogP contribution >= 0.6 is 15.9 Å². The molecule has 0 atom stereocenters. The zero-order chi connectivity index (χ0) is 30.3. The van der Waals surface area contributed by atoms with E-state index in [1.807, 2.05) is 0 Å². The first-order valence-corrected chi connectivity index (χ1v) is 16.9. The van der Waals surface area contributed by atoms with Crippen molar-refractivity contribution in [2.24, 2.45) is 0 Å². The van der Waals surface area contributed by atoms with Crippen LogP contribution in [0.3, 0.4) is 0 Å². The normalized spacial score (nSPS) is 13.2. The average Bonchev–Trinajstić information content (AvgIpc) is 3.84. The number of benzene rings is 7. The minimum Gasteiger partial charge on any atom is -0.305 e. The molecule has 7 aromatic carbocycles. The van der Waals surface area contributed by atoms with Crippen LogP contribution in [0.15, 0.2) is 132 Å². The number of hydrogen-bond donors (Lipinski definition) is 0. The topological polar surface area (TPSA) is 17.6 Å². The van der Waals surface area contributed by atoms with Crippen molar-refractivity contribution < 1.29 is 0 Å². The maximum Gasteiger partial charge on any atom is 0.0870 e. The predicted molar refractivity (Wildman–Crippen MR) is 200 cm³/mol. The Bertz CT molecular complexity index is 3300. The van der Waals surface area contributed by atoms with Crippen LogP contribution in [-0.2, 0) is 0 Å². The van der Waals surface area contributed by atoms with Gasteiger partial charge >= 0.3 is 0 Å². The largest absolute Gasteiger partial charge is 0.305 e. The molecule has 0 spiro atoms. The molecule has 0 saturated heterocycles. The summed E-state index contributed by atoms with van der Waals surface area (Å²) >= 11 is 4.36. The van der Waals surface area contributed by atoms with Crippen LogP contribution in [0.2, 0.25) is 0 Å². The van der Waals surface area contributed by atoms with Crippen molar-refractivity contribution in [3.8, 4) is 0 Å². The summed E-state index contributed by atoms with van der Waals surface area (Å²) in [5.74, 6) is 0. The molecule has 0 N–H and O–H groups in total. The summed E-state index contributed by atoms with van der Waals surface area (Å²) < 4.78 is 11.2. The summed E-state index contributed by atoms with van der Waals surface area (Å²) in [6.45, 7) is 0. The Morgan fingerprint density at radius 1 is 0.277 bits per heavy atom. The lowest BCUT2D eigenvalue weighted by atomic mass is 10.1. The van der Waals surface area contributed by atoms with Gasteiger partial charge in [0.05, 0.1) is 70.7 Å². The molecule has 6 heterocycles. The van der Waals surface area contributed by atoms with Crippen molar-refractivity contribution in [3.63, 3.8) is 0 Å². The molecule has 5 heteroatoms. The molecule has 0 aliphatic rings. The van der Waals surface area contributed by atoms with E-state index in [2.05, 4.69) is 161 Å². The van der Waals surface area contributed by atoms with Crippen LogP contribution in [0.25, 0.3) is 109 Å². The van der Waals surface area contributed by atoms with Crippen LogP contribution < -0.4 is 0 Å². The molecule has 0 radical (unpaired) electrons. The molecule has 4 nitrogen and oxygen atoms in total. The summed E-state index contributed by atoms with van der Waals surface area (Å²) in [6, 6.07) is 47.3. The van der Waals surface area contributed by atoms with Crippen molar-refractivity contribution >= 4 is 125 Å². The Balaban J connectivity index is 1.47. The van der Waals surface area contributed by atoms with Crippen LogP contribution in [-0.4, -0.2) is 17.6 Å². The molecule has 0 saturated carbocycles. The van der Waals surface area contributed by atoms with E-state index in [9.17, 15) is 0 Å². The van der Waals surface area contributed by atoms with E-state index >= 15 is 0 Å². The van der Waals surface area contributed by atoms with Gasteiger partial charge in [-0.15, -0.1) is 0 Å². The van der Waals surface area contributed by atoms with E-state index in [-0.39, 0.29) is 0 Å². The van der Waals surface area contributed by atoms with Crippen molar-refractivity contribution in [2.75, 3.05) is 0 Å². The number of rotatable bonds is 0. The number of aromatic nitrogens is 4. The van der Waals surface area contributed by atoms with Gasteiger partial charge in [0.2, 0.25) is 0 Å². The smallest absolute Gasteiger partial charge is 0.0870 e. The second-order valence-corrected chi connectivity index (χ2v) is 13.8. The van der Waals surface area contributed by atoms with Gasteiger partial charge in [-0.05, 0) is 46.3 Å². The Morgan fingerprint density at radius 2 is 0.574 bits per heavy atom. The summed E-state index contributed by atoms with van der Waals surface area (Å²) in [4.78, 5) is 0. The molecular formula is C42H21BrN4. The van der Waals surface area contributed by atoms with Gasteiger partial charge in [-0.2, -0.15) is 0 Å². The molecular weight excluding hydrogens is 640 g/mol. The molecule has 0 aliphatic heterocycles. The molecule has 13 rings (SSSR count). The first-order valence-electron chi connectivity index (χ1n) is 16.1. The highest BCUT2D eigenvalue weighted by atomic mass is 79.9. The maximum atomic E-state index is 4.36. The lowest BCUT2D eigenvalue weighted by molar-refractivity contribution is 1.22. The van der Waals surface area contributed by atoms with E-state index < -0.39 is 0 Å². The summed E-state index contributed by atoms with van der Waals surface area (Å²) in [6.07, 6.45) is 0. The van der Waals surface area contributed by atoms with Crippen LogP contribution in [0.4, 0.5) is 0 Å². The third-order valence-electron chi connectivity index (χ3n) is 11.0. The van der Waals surface area contributed by atoms with E-state index in [0.29, 0.717) is 0 Å². The number of fused-ring (bicyclic) bond motifs is 18. The van der Waals surface area contributed by atoms with Crippen LogP contribution in [0.5, 0.6) is 0 Å². The van der Waals surface area contributed by atoms with Crippen LogP contribution in [0.1, 0.15) is 0 Å². The van der Waals surface area contributed by atoms with Gasteiger partial charge in [-0.3, -0.25) is 0 Å². The first-order chi connectivity index (χ1) is 23.3. The molecule has 216 valence electrons. The van der Waals surface area contributed by atoms with Crippen LogP contribution in [0, 0.1) is 0 Å². The number of halogens is 1. The Morgan fingerprint density at radius 3 is 0.936 bits per heavy atom. The summed E-state index contributed by atoms with van der Waals surface area (Å²) in [5, 5.41) is 10.2. The van der Waals surface area contributed by atoms with Gasteiger partial charge < -0.3 is 17.6 Å². The first kappa shape index (κ1) is 23.5. The highest BCUT2D eigenvalue weighted by molar-refractivity contribution is 9.10. The molecule has 6 aromatic heterocycles. The fourth-order valence-electron chi connectivity index (χ4n) is 9.34. The SMILES string of the molecule is Brc1c2c(cc3c1n1c4ccccc4c4ccc5c6ccccc6n3c5c41)n1c3ccccc3c3ccc4c5ccccc5n2c4c31. The standard InChI is InChI=1S/C42H21BrN4/c43-36-41-34(44-30-13-5-1-9-22(30)26-17-19-28-24-11-3-7-15-32(24)46(41)39(28)37(26)44)21-35-42(36)47-33-16-8-4-12-25(33)29-20-18-27-23-10-2-6-14-31(23)45(35)38(27)40(29)47/h1-21H. The van der Waals surface area contributed by atoms with Gasteiger partial charge in [-0.1, -0.05) is 97.1 Å². The zero-order valence-corrected chi connectivity index (χ0v) is 26.4. The van der Waals surface area contributed by atoms with Gasteiger partial charge in [0.15, 0.2) is 0 Å². The fourth-order valence-corrected chi connectivity index (χ4v) is 10.1. The third kappa shape index (κ3) is 2.41. The van der Waals surface area contributed by atoms with Crippen molar-refractivity contribution in [1.82, 2.24) is 17.6 Å². The Labute approximate surface area is 273 Å². The molecule has 13 aromatic rings. The highest BCUT2D eigenvalue weighted by Crippen LogP contribution is 2.48. The quantitative estimate of drug-likeness (QED) is 0.144. The van der Waals surface area contributed by atoms with Crippen molar-refractivity contribution in [1.29, 1.82) is 0 Å². The van der Waals surface area contributed by atoms with Gasteiger partial charge in [0.25, 0.3) is 0 Å². The molecule has 0 amide bonds. The second-order valence-electron chi connectivity index (χ2n) is 13.1. The van der Waals surface area contributed by atoms with Gasteiger partial charge in [0, 0.05) is 43.1 Å². The Hall–Kier alpha value is -5.78. The monoisotopic (exact) mass is 660 g/mol. The maximum absolute atomic E-state index is 4.36. The van der Waals surface area contributed by atoms with E-state index in [1.165, 1.54) is 109 Å². The van der Waals surface area contributed by atoms with Gasteiger partial charge in [-0.25, -0.2) is 0 Å². The van der Waals surface area contributed by atoms with Crippen molar-refractivity contribution in [3.05, 3.63) is 132 Å². The number of hydrogen-bond acceptors (Lipinski definition) is 0. The zero-order valence-electron chi connectivity index (χ0n) is 24.8. The highest BCUT2D eigenvalue weighted by Gasteiger charge is 2.27. The molecule has 0 unspecified atom stereocenters. The minimum atomic E-state index is 1.09. The van der Waals surface area contributed by atoms with Crippen molar-refractivity contribution in [2.45, 2.75) is 0 Å². The molecule has 47 heavy (non-hydrogen) atoms. The third-order valence-corrected chi connectivity index (χ3v) is 11.8. The van der Waals surface area contributed by atoms with Gasteiger partial charge in [0.1, 0.15) is 0 Å². The summed E-state index contributed by atoms with van der Waals surface area (Å²) in [7, 11) is 0. The average molecular weight is 662 g/mol. The lowest BCUT2D eigenvalue weighted by Crippen LogP contribution is -2.03. The predicted octanol–water partition coefficient (Wildman–Crippen LogP) is 11.6. The van der Waals surface area contributed by atoms with E-state index in [4.69, 9.17) is 0 Å². The molecule has 0 bridgehead atoms. The Kier molecular flexibility index (Phi) is 3.81. The van der Waals surface area contributed by atoms with E-state index in [1.54, 1.807) is 0 Å². The summed E-state index contributed by atoms with van der Waals surface area (Å²) in [5.41, 5.74) is 14.7. The number of para-hydroxylation sites is 4. The molecule has 0 fully saturated rings. The minimum absolute atomic E-state index is 1.09. The van der Waals surface area contributed by atoms with E-state index in [0.717, 1.165) is 4.47 Å². The lowest BCUT2D eigenvalue weighted by Gasteiger charge is -2.18. The second kappa shape index (κ2) is 7.60. The number of nitrogens with zero attached hydrogens (tertiary/aromatic N) is 4. The molecule has 0 aliphatic carbocycles. The fraction of sp³-hybridized carbons (Fsp3) is 0.